The van der Waals surface area contributed by atoms with Crippen molar-refractivity contribution in [2.45, 2.75) is 58.1 Å². The molecule has 0 heterocycles. The minimum atomic E-state index is -0.309. The van der Waals surface area contributed by atoms with Gasteiger partial charge in [0.15, 0.2) is 0 Å². The molecule has 1 unspecified atom stereocenters. The van der Waals surface area contributed by atoms with Crippen LogP contribution < -0.4 is 11.3 Å². The van der Waals surface area contributed by atoms with Crippen LogP contribution in [0, 0.1) is 11.2 Å². The molecule has 2 rings (SSSR count). The molecule has 0 spiro atoms. The van der Waals surface area contributed by atoms with Gasteiger partial charge in [0.1, 0.15) is 5.82 Å². The van der Waals surface area contributed by atoms with Crippen molar-refractivity contribution in [1.82, 2.24) is 5.43 Å². The Labute approximate surface area is 127 Å². The van der Waals surface area contributed by atoms with Crippen molar-refractivity contribution in [3.63, 3.8) is 0 Å². The number of nitrogens with one attached hydrogen (secondary N) is 1. The Morgan fingerprint density at radius 1 is 1.19 bits per heavy atom. The summed E-state index contributed by atoms with van der Waals surface area (Å²) in [6.07, 6.45) is 4.12. The van der Waals surface area contributed by atoms with Crippen molar-refractivity contribution in [2.75, 3.05) is 6.61 Å². The molecule has 3 nitrogen and oxygen atoms in total. The summed E-state index contributed by atoms with van der Waals surface area (Å²) in [5.41, 5.74) is 3.93. The lowest BCUT2D eigenvalue weighted by atomic mass is 9.67. The number of rotatable bonds is 5. The predicted octanol–water partition coefficient (Wildman–Crippen LogP) is 3.71. The van der Waals surface area contributed by atoms with E-state index in [1.165, 1.54) is 12.1 Å². The molecule has 0 radical (unpaired) electrons. The molecule has 1 atom stereocenters. The van der Waals surface area contributed by atoms with Crippen molar-refractivity contribution >= 4 is 0 Å². The van der Waals surface area contributed by atoms with Gasteiger partial charge in [-0.2, -0.15) is 0 Å². The smallest absolute Gasteiger partial charge is 0.123 e. The SMILES string of the molecule is CCOC1(C(NN)c2ccc(F)cc2)CCC(C)(C)CC1. The summed E-state index contributed by atoms with van der Waals surface area (Å²) in [6, 6.07) is 6.42. The third-order valence-corrected chi connectivity index (χ3v) is 4.78. The lowest BCUT2D eigenvalue weighted by molar-refractivity contribution is -0.108. The molecule has 1 fully saturated rings. The zero-order valence-corrected chi connectivity index (χ0v) is 13.3. The van der Waals surface area contributed by atoms with Crippen molar-refractivity contribution in [2.24, 2.45) is 11.3 Å². The molecule has 1 aromatic carbocycles. The van der Waals surface area contributed by atoms with Crippen molar-refractivity contribution in [3.05, 3.63) is 35.6 Å². The number of benzene rings is 1. The first-order valence-corrected chi connectivity index (χ1v) is 7.78. The predicted molar refractivity (Wildman–Crippen MR) is 83.1 cm³/mol. The van der Waals surface area contributed by atoms with Crippen LogP contribution in [0.5, 0.6) is 0 Å². The lowest BCUT2D eigenvalue weighted by Gasteiger charge is -2.47. The van der Waals surface area contributed by atoms with E-state index >= 15 is 0 Å². The van der Waals surface area contributed by atoms with E-state index in [-0.39, 0.29) is 17.5 Å². The van der Waals surface area contributed by atoms with E-state index in [2.05, 4.69) is 19.3 Å². The second-order valence-corrected chi connectivity index (χ2v) is 6.81. The van der Waals surface area contributed by atoms with Crippen LogP contribution in [0.15, 0.2) is 24.3 Å². The summed E-state index contributed by atoms with van der Waals surface area (Å²) < 4.78 is 19.3. The molecular formula is C17H27FN2O. The highest BCUT2D eigenvalue weighted by atomic mass is 19.1. The Bertz CT molecular complexity index is 448. The van der Waals surface area contributed by atoms with Crippen LogP contribution in [-0.2, 0) is 4.74 Å². The monoisotopic (exact) mass is 294 g/mol. The molecule has 0 aromatic heterocycles. The maximum absolute atomic E-state index is 13.2. The van der Waals surface area contributed by atoms with Gasteiger partial charge in [0.05, 0.1) is 11.6 Å². The normalized spacial score (nSPS) is 22.0. The quantitative estimate of drug-likeness (QED) is 0.643. The summed E-state index contributed by atoms with van der Waals surface area (Å²) in [5, 5.41) is 0. The maximum Gasteiger partial charge on any atom is 0.123 e. The van der Waals surface area contributed by atoms with Gasteiger partial charge in [-0.1, -0.05) is 26.0 Å². The van der Waals surface area contributed by atoms with E-state index < -0.39 is 0 Å². The van der Waals surface area contributed by atoms with Gasteiger partial charge < -0.3 is 4.74 Å². The highest BCUT2D eigenvalue weighted by Crippen LogP contribution is 2.47. The van der Waals surface area contributed by atoms with Crippen LogP contribution in [0.4, 0.5) is 4.39 Å². The van der Waals surface area contributed by atoms with E-state index in [1.807, 2.05) is 6.92 Å². The molecule has 0 saturated heterocycles. The van der Waals surface area contributed by atoms with E-state index in [0.29, 0.717) is 12.0 Å². The molecule has 4 heteroatoms. The maximum atomic E-state index is 13.2. The van der Waals surface area contributed by atoms with Crippen molar-refractivity contribution < 1.29 is 9.13 Å². The first-order chi connectivity index (χ1) is 9.92. The molecule has 1 aliphatic rings. The third kappa shape index (κ3) is 3.62. The van der Waals surface area contributed by atoms with Crippen molar-refractivity contribution in [1.29, 1.82) is 0 Å². The van der Waals surface area contributed by atoms with Gasteiger partial charge in [-0.3, -0.25) is 11.3 Å². The van der Waals surface area contributed by atoms with Crippen molar-refractivity contribution in [3.8, 4) is 0 Å². The van der Waals surface area contributed by atoms with E-state index in [4.69, 9.17) is 10.6 Å². The third-order valence-electron chi connectivity index (χ3n) is 4.78. The van der Waals surface area contributed by atoms with Crippen LogP contribution in [0.25, 0.3) is 0 Å². The Morgan fingerprint density at radius 2 is 1.76 bits per heavy atom. The number of hydrogen-bond donors (Lipinski definition) is 2. The molecule has 1 aromatic rings. The van der Waals surface area contributed by atoms with Gasteiger partial charge in [0.2, 0.25) is 0 Å². The molecule has 1 aliphatic carbocycles. The number of ether oxygens (including phenoxy) is 1. The average molecular weight is 294 g/mol. The van der Waals surface area contributed by atoms with Crippen LogP contribution in [0.1, 0.15) is 58.1 Å². The minimum Gasteiger partial charge on any atom is -0.373 e. The second-order valence-electron chi connectivity index (χ2n) is 6.81. The molecule has 3 N–H and O–H groups in total. The number of hydrogen-bond acceptors (Lipinski definition) is 3. The Morgan fingerprint density at radius 3 is 2.24 bits per heavy atom. The highest BCUT2D eigenvalue weighted by molar-refractivity contribution is 5.23. The molecule has 21 heavy (non-hydrogen) atoms. The largest absolute Gasteiger partial charge is 0.373 e. The van der Waals surface area contributed by atoms with E-state index in [9.17, 15) is 4.39 Å². The number of hydrazine groups is 1. The first-order valence-electron chi connectivity index (χ1n) is 7.78. The Balaban J connectivity index is 2.28. The van der Waals surface area contributed by atoms with Gasteiger partial charge in [-0.15, -0.1) is 0 Å². The van der Waals surface area contributed by atoms with Gasteiger partial charge >= 0.3 is 0 Å². The number of nitrogens with two attached hydrogens (primary N) is 1. The van der Waals surface area contributed by atoms with E-state index in [1.54, 1.807) is 12.1 Å². The van der Waals surface area contributed by atoms with Crippen LogP contribution >= 0.6 is 0 Å². The molecule has 0 bridgehead atoms. The van der Waals surface area contributed by atoms with Gasteiger partial charge in [0, 0.05) is 6.61 Å². The Kier molecular flexibility index (Phi) is 5.02. The summed E-state index contributed by atoms with van der Waals surface area (Å²) in [6.45, 7) is 7.26. The summed E-state index contributed by atoms with van der Waals surface area (Å²) in [4.78, 5) is 0. The average Bonchev–Trinajstić information content (AvgIpc) is 2.45. The molecule has 0 amide bonds. The zero-order valence-electron chi connectivity index (χ0n) is 13.3. The molecule has 118 valence electrons. The summed E-state index contributed by atoms with van der Waals surface area (Å²) in [7, 11) is 0. The van der Waals surface area contributed by atoms with Gasteiger partial charge in [0.25, 0.3) is 0 Å². The zero-order chi connectivity index (χ0) is 15.5. The fourth-order valence-electron chi connectivity index (χ4n) is 3.36. The fraction of sp³-hybridized carbons (Fsp3) is 0.647. The lowest BCUT2D eigenvalue weighted by Crippen LogP contribution is -2.51. The second kappa shape index (κ2) is 6.42. The summed E-state index contributed by atoms with van der Waals surface area (Å²) in [5.74, 6) is 5.60. The number of halogens is 1. The van der Waals surface area contributed by atoms with Gasteiger partial charge in [-0.05, 0) is 55.7 Å². The van der Waals surface area contributed by atoms with E-state index in [0.717, 1.165) is 31.2 Å². The fourth-order valence-corrected chi connectivity index (χ4v) is 3.36. The Hall–Kier alpha value is -0.970. The van der Waals surface area contributed by atoms with Crippen LogP contribution in [0.2, 0.25) is 0 Å². The van der Waals surface area contributed by atoms with Gasteiger partial charge in [-0.25, -0.2) is 4.39 Å². The van der Waals surface area contributed by atoms with Crippen LogP contribution in [-0.4, -0.2) is 12.2 Å². The molecule has 0 aliphatic heterocycles. The first kappa shape index (κ1) is 16.4. The standard InChI is InChI=1S/C17H27FN2O/c1-4-21-17(11-9-16(2,3)10-12-17)15(20-19)13-5-7-14(18)8-6-13/h5-8,15,20H,4,9-12,19H2,1-3H3. The molecular weight excluding hydrogens is 267 g/mol. The highest BCUT2D eigenvalue weighted by Gasteiger charge is 2.45. The molecule has 1 saturated carbocycles. The van der Waals surface area contributed by atoms with Crippen LogP contribution in [0.3, 0.4) is 0 Å². The summed E-state index contributed by atoms with van der Waals surface area (Å²) >= 11 is 0. The topological polar surface area (TPSA) is 47.3 Å². The minimum absolute atomic E-state index is 0.117.